The summed E-state index contributed by atoms with van der Waals surface area (Å²) in [5, 5.41) is 2.93. The highest BCUT2D eigenvalue weighted by molar-refractivity contribution is 6.05. The molecule has 3 N–H and O–H groups in total. The van der Waals surface area contributed by atoms with Crippen LogP contribution in [0.15, 0.2) is 18.2 Å². The quantitative estimate of drug-likeness (QED) is 0.857. The minimum absolute atomic E-state index is 0.0879. The fourth-order valence-electron chi connectivity index (χ4n) is 2.30. The zero-order valence-corrected chi connectivity index (χ0v) is 11.4. The standard InChI is InChI=1S/C15H22N2O/c1-10(9-16)4-5-11-6-7-13-12(8-11)15(2,3)14(18)17-13/h6-8,10H,4-5,9,16H2,1-3H3,(H,17,18). The lowest BCUT2D eigenvalue weighted by Gasteiger charge is -2.16. The van der Waals surface area contributed by atoms with E-state index < -0.39 is 5.41 Å². The third-order valence-corrected chi connectivity index (χ3v) is 3.90. The van der Waals surface area contributed by atoms with Crippen LogP contribution in [0.4, 0.5) is 5.69 Å². The van der Waals surface area contributed by atoms with E-state index >= 15 is 0 Å². The molecule has 1 unspecified atom stereocenters. The molecule has 3 heteroatoms. The fraction of sp³-hybridized carbons (Fsp3) is 0.533. The lowest BCUT2D eigenvalue weighted by atomic mass is 9.85. The number of rotatable bonds is 4. The molecule has 0 spiro atoms. The highest BCUT2D eigenvalue weighted by Gasteiger charge is 2.38. The maximum Gasteiger partial charge on any atom is 0.234 e. The number of hydrogen-bond donors (Lipinski definition) is 2. The van der Waals surface area contributed by atoms with E-state index in [1.165, 1.54) is 5.56 Å². The van der Waals surface area contributed by atoms with Gasteiger partial charge in [0.15, 0.2) is 0 Å². The van der Waals surface area contributed by atoms with E-state index in [4.69, 9.17) is 5.73 Å². The van der Waals surface area contributed by atoms with Gasteiger partial charge in [-0.1, -0.05) is 19.1 Å². The lowest BCUT2D eigenvalue weighted by Crippen LogP contribution is -2.26. The normalized spacial score (nSPS) is 18.3. The highest BCUT2D eigenvalue weighted by atomic mass is 16.2. The van der Waals surface area contributed by atoms with Crippen LogP contribution < -0.4 is 11.1 Å². The molecule has 0 saturated heterocycles. The molecule has 0 fully saturated rings. The SMILES string of the molecule is CC(CN)CCc1ccc2c(c1)C(C)(C)C(=O)N2. The Balaban J connectivity index is 2.18. The van der Waals surface area contributed by atoms with Gasteiger partial charge in [0.2, 0.25) is 5.91 Å². The van der Waals surface area contributed by atoms with Crippen LogP contribution in [0.2, 0.25) is 0 Å². The van der Waals surface area contributed by atoms with Crippen LogP contribution in [-0.2, 0) is 16.6 Å². The smallest absolute Gasteiger partial charge is 0.234 e. The molecule has 0 bridgehead atoms. The molecule has 1 heterocycles. The molecule has 18 heavy (non-hydrogen) atoms. The number of amides is 1. The summed E-state index contributed by atoms with van der Waals surface area (Å²) in [6.45, 7) is 6.85. The van der Waals surface area contributed by atoms with Crippen molar-refractivity contribution in [2.75, 3.05) is 11.9 Å². The van der Waals surface area contributed by atoms with Crippen molar-refractivity contribution in [1.29, 1.82) is 0 Å². The minimum Gasteiger partial charge on any atom is -0.330 e. The van der Waals surface area contributed by atoms with Gasteiger partial charge >= 0.3 is 0 Å². The van der Waals surface area contributed by atoms with Crippen LogP contribution in [0, 0.1) is 5.92 Å². The Kier molecular flexibility index (Phi) is 3.44. The third-order valence-electron chi connectivity index (χ3n) is 3.90. The first-order valence-electron chi connectivity index (χ1n) is 6.60. The molecule has 3 nitrogen and oxygen atoms in total. The number of nitrogens with two attached hydrogens (primary N) is 1. The summed E-state index contributed by atoms with van der Waals surface area (Å²) in [4.78, 5) is 11.8. The largest absolute Gasteiger partial charge is 0.330 e. The fourth-order valence-corrected chi connectivity index (χ4v) is 2.30. The van der Waals surface area contributed by atoms with Crippen molar-refractivity contribution in [3.05, 3.63) is 29.3 Å². The molecule has 1 atom stereocenters. The number of hydrogen-bond acceptors (Lipinski definition) is 2. The highest BCUT2D eigenvalue weighted by Crippen LogP contribution is 2.37. The van der Waals surface area contributed by atoms with Crippen LogP contribution in [-0.4, -0.2) is 12.5 Å². The van der Waals surface area contributed by atoms with E-state index in [0.29, 0.717) is 5.92 Å². The molecule has 1 aromatic carbocycles. The van der Waals surface area contributed by atoms with Gasteiger partial charge in [0.1, 0.15) is 0 Å². The number of benzene rings is 1. The van der Waals surface area contributed by atoms with Crippen molar-refractivity contribution < 1.29 is 4.79 Å². The number of nitrogens with one attached hydrogen (secondary N) is 1. The summed E-state index contributed by atoms with van der Waals surface area (Å²) in [6, 6.07) is 6.28. The van der Waals surface area contributed by atoms with Gasteiger partial charge in [0.05, 0.1) is 5.41 Å². The summed E-state index contributed by atoms with van der Waals surface area (Å²) in [7, 11) is 0. The van der Waals surface area contributed by atoms with Crippen molar-refractivity contribution in [3.8, 4) is 0 Å². The average molecular weight is 246 g/mol. The summed E-state index contributed by atoms with van der Waals surface area (Å²) in [5.74, 6) is 0.635. The second kappa shape index (κ2) is 4.73. The van der Waals surface area contributed by atoms with Gasteiger partial charge in [0.25, 0.3) is 0 Å². The number of carbonyl (C=O) groups excluding carboxylic acids is 1. The Bertz CT molecular complexity index is 466. The summed E-state index contributed by atoms with van der Waals surface area (Å²) < 4.78 is 0. The van der Waals surface area contributed by atoms with Crippen molar-refractivity contribution in [1.82, 2.24) is 0 Å². The summed E-state index contributed by atoms with van der Waals surface area (Å²) in [6.07, 6.45) is 2.12. The average Bonchev–Trinajstić information content (AvgIpc) is 2.57. The Labute approximate surface area is 109 Å². The molecule has 2 rings (SSSR count). The van der Waals surface area contributed by atoms with Crippen LogP contribution in [0.5, 0.6) is 0 Å². The molecule has 1 aliphatic heterocycles. The van der Waals surface area contributed by atoms with Crippen molar-refractivity contribution in [2.45, 2.75) is 39.0 Å². The first kappa shape index (κ1) is 13.1. The number of anilines is 1. The van der Waals surface area contributed by atoms with Crippen LogP contribution >= 0.6 is 0 Å². The Hall–Kier alpha value is -1.35. The topological polar surface area (TPSA) is 55.1 Å². The predicted molar refractivity (Wildman–Crippen MR) is 74.6 cm³/mol. The first-order valence-corrected chi connectivity index (χ1v) is 6.60. The molecular formula is C15H22N2O. The Morgan fingerprint density at radius 3 is 2.78 bits per heavy atom. The number of aryl methyl sites for hydroxylation is 1. The maximum atomic E-state index is 11.8. The van der Waals surface area contributed by atoms with Crippen LogP contribution in [0.25, 0.3) is 0 Å². The molecule has 1 aliphatic rings. The van der Waals surface area contributed by atoms with Gasteiger partial charge in [-0.05, 0) is 56.3 Å². The zero-order valence-electron chi connectivity index (χ0n) is 11.4. The van der Waals surface area contributed by atoms with Gasteiger partial charge in [-0.15, -0.1) is 0 Å². The van der Waals surface area contributed by atoms with Crippen LogP contribution in [0.3, 0.4) is 0 Å². The number of carbonyl (C=O) groups is 1. The Morgan fingerprint density at radius 2 is 2.11 bits per heavy atom. The predicted octanol–water partition coefficient (Wildman–Crippen LogP) is 2.44. The monoisotopic (exact) mass is 246 g/mol. The second-order valence-corrected chi connectivity index (χ2v) is 5.84. The van der Waals surface area contributed by atoms with Crippen molar-refractivity contribution >= 4 is 11.6 Å². The second-order valence-electron chi connectivity index (χ2n) is 5.84. The van der Waals surface area contributed by atoms with Gasteiger partial charge in [-0.2, -0.15) is 0 Å². The molecule has 0 saturated carbocycles. The summed E-state index contributed by atoms with van der Waals surface area (Å²) >= 11 is 0. The molecule has 0 aromatic heterocycles. The van der Waals surface area contributed by atoms with Gasteiger partial charge in [-0.25, -0.2) is 0 Å². The molecule has 0 radical (unpaired) electrons. The lowest BCUT2D eigenvalue weighted by molar-refractivity contribution is -0.119. The molecular weight excluding hydrogens is 224 g/mol. The van der Waals surface area contributed by atoms with E-state index in [2.05, 4.69) is 24.4 Å². The van der Waals surface area contributed by atoms with E-state index in [0.717, 1.165) is 30.6 Å². The van der Waals surface area contributed by atoms with Gasteiger partial charge in [0, 0.05) is 5.69 Å². The molecule has 1 amide bonds. The van der Waals surface area contributed by atoms with E-state index in [-0.39, 0.29) is 5.91 Å². The van der Waals surface area contributed by atoms with E-state index in [9.17, 15) is 4.79 Å². The van der Waals surface area contributed by atoms with Gasteiger partial charge < -0.3 is 11.1 Å². The first-order chi connectivity index (χ1) is 8.45. The molecule has 1 aromatic rings. The summed E-state index contributed by atoms with van der Waals surface area (Å²) in [5.41, 5.74) is 8.59. The van der Waals surface area contributed by atoms with E-state index in [1.54, 1.807) is 0 Å². The maximum absolute atomic E-state index is 11.8. The van der Waals surface area contributed by atoms with Gasteiger partial charge in [-0.3, -0.25) is 4.79 Å². The Morgan fingerprint density at radius 1 is 1.39 bits per heavy atom. The number of fused-ring (bicyclic) bond motifs is 1. The van der Waals surface area contributed by atoms with Crippen molar-refractivity contribution in [3.63, 3.8) is 0 Å². The van der Waals surface area contributed by atoms with E-state index in [1.807, 2.05) is 19.9 Å². The van der Waals surface area contributed by atoms with Crippen molar-refractivity contribution in [2.24, 2.45) is 11.7 Å². The zero-order chi connectivity index (χ0) is 13.3. The molecule has 0 aliphatic carbocycles. The minimum atomic E-state index is -0.412. The van der Waals surface area contributed by atoms with Crippen LogP contribution in [0.1, 0.15) is 38.3 Å². The third kappa shape index (κ3) is 2.27. The molecule has 98 valence electrons.